The summed E-state index contributed by atoms with van der Waals surface area (Å²) in [4.78, 5) is 2.65. The van der Waals surface area contributed by atoms with Crippen LogP contribution >= 0.6 is 0 Å². The third-order valence-corrected chi connectivity index (χ3v) is 3.96. The minimum atomic E-state index is 0.669. The molecule has 0 amide bonds. The average Bonchev–Trinajstić information content (AvgIpc) is 2.58. The van der Waals surface area contributed by atoms with Gasteiger partial charge in [0.25, 0.3) is 0 Å². The van der Waals surface area contributed by atoms with Gasteiger partial charge >= 0.3 is 0 Å². The van der Waals surface area contributed by atoms with Crippen molar-refractivity contribution in [3.8, 4) is 0 Å². The first kappa shape index (κ1) is 15.9. The zero-order valence-electron chi connectivity index (χ0n) is 12.6. The van der Waals surface area contributed by atoms with E-state index in [2.05, 4.69) is 31.0 Å². The molecule has 0 aromatic carbocycles. The second-order valence-corrected chi connectivity index (χ2v) is 5.68. The molecule has 2 atom stereocenters. The highest BCUT2D eigenvalue weighted by Crippen LogP contribution is 2.17. The Morgan fingerprint density at radius 2 is 2.17 bits per heavy atom. The fraction of sp³-hybridized carbons (Fsp3) is 1.00. The van der Waals surface area contributed by atoms with Gasteiger partial charge in [0, 0.05) is 25.8 Å². The zero-order chi connectivity index (χ0) is 13.2. The first-order valence-electron chi connectivity index (χ1n) is 7.76. The van der Waals surface area contributed by atoms with Gasteiger partial charge in [-0.1, -0.05) is 6.92 Å². The van der Waals surface area contributed by atoms with Crippen molar-refractivity contribution in [1.82, 2.24) is 10.2 Å². The quantitative estimate of drug-likeness (QED) is 0.675. The fourth-order valence-electron chi connectivity index (χ4n) is 2.61. The Morgan fingerprint density at radius 1 is 1.33 bits per heavy atom. The number of rotatable bonds is 8. The molecule has 108 valence electrons. The second-order valence-electron chi connectivity index (χ2n) is 5.68. The number of hydrogen-bond donors (Lipinski definition) is 1. The Balaban J connectivity index is 2.06. The maximum Gasteiger partial charge on any atom is 0.0477 e. The van der Waals surface area contributed by atoms with Gasteiger partial charge in [0.1, 0.15) is 0 Å². The summed E-state index contributed by atoms with van der Waals surface area (Å²) in [6, 6.07) is 0.669. The van der Waals surface area contributed by atoms with Crippen LogP contribution in [-0.2, 0) is 4.74 Å². The van der Waals surface area contributed by atoms with Crippen LogP contribution in [0.3, 0.4) is 0 Å². The molecule has 1 aliphatic rings. The summed E-state index contributed by atoms with van der Waals surface area (Å²) in [5, 5.41) is 3.55. The van der Waals surface area contributed by atoms with E-state index in [4.69, 9.17) is 4.74 Å². The largest absolute Gasteiger partial charge is 0.382 e. The molecule has 0 aromatic heterocycles. The van der Waals surface area contributed by atoms with E-state index in [0.717, 1.165) is 38.6 Å². The lowest BCUT2D eigenvalue weighted by Gasteiger charge is -2.28. The summed E-state index contributed by atoms with van der Waals surface area (Å²) < 4.78 is 5.33. The van der Waals surface area contributed by atoms with Gasteiger partial charge in [0.2, 0.25) is 0 Å². The van der Waals surface area contributed by atoms with E-state index in [0.29, 0.717) is 6.04 Å². The molecule has 0 spiro atoms. The second kappa shape index (κ2) is 9.76. The predicted molar refractivity (Wildman–Crippen MR) is 78.0 cm³/mol. The third-order valence-electron chi connectivity index (χ3n) is 3.96. The lowest BCUT2D eigenvalue weighted by atomic mass is 10.0. The van der Waals surface area contributed by atoms with Crippen LogP contribution in [0.25, 0.3) is 0 Å². The molecule has 0 bridgehead atoms. The Labute approximate surface area is 113 Å². The molecule has 1 saturated heterocycles. The molecule has 1 fully saturated rings. The standard InChI is InChI=1S/C15H32N2O/c1-4-18-12-6-9-16-13-15(3)17-10-5-7-14(2)8-11-17/h14-16H,4-13H2,1-3H3. The Bertz CT molecular complexity index is 199. The summed E-state index contributed by atoms with van der Waals surface area (Å²) in [6.07, 6.45) is 5.27. The van der Waals surface area contributed by atoms with Crippen molar-refractivity contribution >= 4 is 0 Å². The molecule has 0 aliphatic carbocycles. The predicted octanol–water partition coefficient (Wildman–Crippen LogP) is 2.51. The van der Waals surface area contributed by atoms with Crippen LogP contribution in [0.4, 0.5) is 0 Å². The maximum absolute atomic E-state index is 5.33. The lowest BCUT2D eigenvalue weighted by molar-refractivity contribution is 0.143. The molecule has 3 heteroatoms. The van der Waals surface area contributed by atoms with Crippen molar-refractivity contribution in [2.75, 3.05) is 39.4 Å². The summed E-state index contributed by atoms with van der Waals surface area (Å²) in [7, 11) is 0. The smallest absolute Gasteiger partial charge is 0.0477 e. The van der Waals surface area contributed by atoms with Gasteiger partial charge in [-0.2, -0.15) is 0 Å². The van der Waals surface area contributed by atoms with Crippen LogP contribution < -0.4 is 5.32 Å². The van der Waals surface area contributed by atoms with Crippen LogP contribution in [0.5, 0.6) is 0 Å². The topological polar surface area (TPSA) is 24.5 Å². The number of ether oxygens (including phenoxy) is 1. The number of nitrogens with one attached hydrogen (secondary N) is 1. The summed E-state index contributed by atoms with van der Waals surface area (Å²) in [5.74, 6) is 0.918. The van der Waals surface area contributed by atoms with Gasteiger partial charge in [0.05, 0.1) is 0 Å². The Kier molecular flexibility index (Phi) is 8.64. The van der Waals surface area contributed by atoms with Crippen LogP contribution in [-0.4, -0.2) is 50.3 Å². The molecule has 0 saturated carbocycles. The normalized spacial score (nSPS) is 23.8. The van der Waals surface area contributed by atoms with Gasteiger partial charge in [-0.05, 0) is 65.1 Å². The van der Waals surface area contributed by atoms with E-state index in [1.807, 2.05) is 0 Å². The van der Waals surface area contributed by atoms with E-state index >= 15 is 0 Å². The molecule has 1 N–H and O–H groups in total. The van der Waals surface area contributed by atoms with E-state index in [-0.39, 0.29) is 0 Å². The minimum absolute atomic E-state index is 0.669. The van der Waals surface area contributed by atoms with Gasteiger partial charge in [-0.15, -0.1) is 0 Å². The molecular weight excluding hydrogens is 224 g/mol. The summed E-state index contributed by atoms with van der Waals surface area (Å²) in [5.41, 5.74) is 0. The lowest BCUT2D eigenvalue weighted by Crippen LogP contribution is -2.41. The molecule has 0 aromatic rings. The number of hydrogen-bond acceptors (Lipinski definition) is 3. The molecule has 18 heavy (non-hydrogen) atoms. The van der Waals surface area contributed by atoms with Crippen molar-refractivity contribution in [3.63, 3.8) is 0 Å². The van der Waals surface area contributed by atoms with Crippen LogP contribution in [0.2, 0.25) is 0 Å². The average molecular weight is 256 g/mol. The van der Waals surface area contributed by atoms with E-state index in [9.17, 15) is 0 Å². The fourth-order valence-corrected chi connectivity index (χ4v) is 2.61. The van der Waals surface area contributed by atoms with Gasteiger partial charge < -0.3 is 10.1 Å². The van der Waals surface area contributed by atoms with Crippen molar-refractivity contribution in [3.05, 3.63) is 0 Å². The van der Waals surface area contributed by atoms with Crippen LogP contribution in [0, 0.1) is 5.92 Å². The monoisotopic (exact) mass is 256 g/mol. The summed E-state index contributed by atoms with van der Waals surface area (Å²) >= 11 is 0. The minimum Gasteiger partial charge on any atom is -0.382 e. The van der Waals surface area contributed by atoms with E-state index in [1.165, 1.54) is 32.4 Å². The van der Waals surface area contributed by atoms with E-state index in [1.54, 1.807) is 0 Å². The first-order chi connectivity index (χ1) is 8.74. The van der Waals surface area contributed by atoms with Crippen molar-refractivity contribution in [1.29, 1.82) is 0 Å². The molecule has 2 unspecified atom stereocenters. The highest BCUT2D eigenvalue weighted by molar-refractivity contribution is 4.74. The Morgan fingerprint density at radius 3 is 2.94 bits per heavy atom. The van der Waals surface area contributed by atoms with Gasteiger partial charge in [-0.25, -0.2) is 0 Å². The van der Waals surface area contributed by atoms with E-state index < -0.39 is 0 Å². The molecular formula is C15H32N2O. The SMILES string of the molecule is CCOCCCNCC(C)N1CCCC(C)CC1. The van der Waals surface area contributed by atoms with Gasteiger partial charge in [0.15, 0.2) is 0 Å². The summed E-state index contributed by atoms with van der Waals surface area (Å²) in [6.45, 7) is 13.3. The number of nitrogens with zero attached hydrogens (tertiary/aromatic N) is 1. The van der Waals surface area contributed by atoms with Crippen molar-refractivity contribution in [2.45, 2.75) is 52.5 Å². The third kappa shape index (κ3) is 6.72. The number of likely N-dealkylation sites (tertiary alicyclic amines) is 1. The van der Waals surface area contributed by atoms with Crippen molar-refractivity contribution in [2.24, 2.45) is 5.92 Å². The van der Waals surface area contributed by atoms with Crippen molar-refractivity contribution < 1.29 is 4.74 Å². The molecule has 0 radical (unpaired) electrons. The Hall–Kier alpha value is -0.120. The maximum atomic E-state index is 5.33. The molecule has 1 rings (SSSR count). The first-order valence-corrected chi connectivity index (χ1v) is 7.76. The molecule has 1 heterocycles. The highest BCUT2D eigenvalue weighted by atomic mass is 16.5. The van der Waals surface area contributed by atoms with Crippen LogP contribution in [0.1, 0.15) is 46.5 Å². The highest BCUT2D eigenvalue weighted by Gasteiger charge is 2.17. The van der Waals surface area contributed by atoms with Gasteiger partial charge in [-0.3, -0.25) is 4.90 Å². The molecule has 1 aliphatic heterocycles. The van der Waals surface area contributed by atoms with Crippen LogP contribution in [0.15, 0.2) is 0 Å². The zero-order valence-corrected chi connectivity index (χ0v) is 12.6. The molecule has 3 nitrogen and oxygen atoms in total.